The van der Waals surface area contributed by atoms with Crippen LogP contribution in [-0.2, 0) is 11.0 Å². The number of rotatable bonds is 7. The number of nitrogens with one attached hydrogen (secondary N) is 1. The van der Waals surface area contributed by atoms with Gasteiger partial charge in [0.05, 0.1) is 34.4 Å². The molecule has 41 heavy (non-hydrogen) atoms. The minimum atomic E-state index is -4.70. The summed E-state index contributed by atoms with van der Waals surface area (Å²) in [6, 6.07) is 16.9. The van der Waals surface area contributed by atoms with E-state index in [0.717, 1.165) is 42.2 Å². The molecule has 4 rings (SSSR count). The summed E-state index contributed by atoms with van der Waals surface area (Å²) in [7, 11) is 0. The second-order valence-corrected chi connectivity index (χ2v) is 9.01. The zero-order valence-corrected chi connectivity index (χ0v) is 21.6. The van der Waals surface area contributed by atoms with Crippen molar-refractivity contribution in [1.29, 1.82) is 0 Å². The SMILES string of the molecule is CC(=O)N(c1ccc(C)c(F)c1)c1cc(C(F)(F)F)ccc1/C=N/Nc1cccc(-c2ccc(F)c(C(=O)O)c2)c1. The van der Waals surface area contributed by atoms with Crippen molar-refractivity contribution in [3.05, 3.63) is 113 Å². The molecule has 0 saturated heterocycles. The fourth-order valence-electron chi connectivity index (χ4n) is 4.05. The third-order valence-electron chi connectivity index (χ3n) is 6.12. The van der Waals surface area contributed by atoms with Gasteiger partial charge in [0.2, 0.25) is 5.91 Å². The molecule has 0 heterocycles. The molecule has 0 radical (unpaired) electrons. The molecule has 0 bridgehead atoms. The van der Waals surface area contributed by atoms with Gasteiger partial charge in [-0.2, -0.15) is 18.3 Å². The van der Waals surface area contributed by atoms with Gasteiger partial charge in [0.15, 0.2) is 0 Å². The highest BCUT2D eigenvalue weighted by Crippen LogP contribution is 2.36. The van der Waals surface area contributed by atoms with Crippen molar-refractivity contribution >= 4 is 35.2 Å². The van der Waals surface area contributed by atoms with Crippen LogP contribution < -0.4 is 10.3 Å². The summed E-state index contributed by atoms with van der Waals surface area (Å²) in [6.45, 7) is 2.66. The first-order chi connectivity index (χ1) is 19.3. The Balaban J connectivity index is 1.69. The van der Waals surface area contributed by atoms with Crippen LogP contribution in [-0.4, -0.2) is 23.2 Å². The van der Waals surface area contributed by atoms with Gasteiger partial charge in [-0.3, -0.25) is 15.1 Å². The summed E-state index contributed by atoms with van der Waals surface area (Å²) in [5.74, 6) is -3.57. The third-order valence-corrected chi connectivity index (χ3v) is 6.12. The number of carboxylic acids is 1. The Bertz CT molecular complexity index is 1670. The second kappa shape index (κ2) is 11.6. The van der Waals surface area contributed by atoms with Gasteiger partial charge in [-0.15, -0.1) is 0 Å². The minimum Gasteiger partial charge on any atom is -0.478 e. The quantitative estimate of drug-likeness (QED) is 0.136. The van der Waals surface area contributed by atoms with Crippen LogP contribution in [0.15, 0.2) is 84.0 Å². The Morgan fingerprint density at radius 1 is 0.902 bits per heavy atom. The number of hydrogen-bond donors (Lipinski definition) is 2. The van der Waals surface area contributed by atoms with E-state index in [4.69, 9.17) is 0 Å². The van der Waals surface area contributed by atoms with Gasteiger partial charge in [-0.05, 0) is 72.1 Å². The Labute approximate surface area is 231 Å². The van der Waals surface area contributed by atoms with Crippen LogP contribution in [0.3, 0.4) is 0 Å². The molecule has 0 atom stereocenters. The first-order valence-electron chi connectivity index (χ1n) is 12.1. The Hall–Kier alpha value is -5.06. The van der Waals surface area contributed by atoms with Crippen molar-refractivity contribution < 1.29 is 36.6 Å². The molecule has 2 N–H and O–H groups in total. The van der Waals surface area contributed by atoms with Crippen molar-refractivity contribution in [3.63, 3.8) is 0 Å². The lowest BCUT2D eigenvalue weighted by molar-refractivity contribution is -0.137. The fraction of sp³-hybridized carbons (Fsp3) is 0.100. The molecule has 0 aromatic heterocycles. The first-order valence-corrected chi connectivity index (χ1v) is 12.1. The number of hydrazone groups is 1. The lowest BCUT2D eigenvalue weighted by atomic mass is 10.0. The Kier molecular flexibility index (Phi) is 8.18. The zero-order chi connectivity index (χ0) is 29.9. The van der Waals surface area contributed by atoms with E-state index in [0.29, 0.717) is 22.4 Å². The normalized spacial score (nSPS) is 11.5. The van der Waals surface area contributed by atoms with Crippen LogP contribution in [0.25, 0.3) is 11.1 Å². The second-order valence-electron chi connectivity index (χ2n) is 9.01. The van der Waals surface area contributed by atoms with Gasteiger partial charge in [-0.25, -0.2) is 13.6 Å². The molecule has 4 aromatic carbocycles. The molecule has 1 amide bonds. The van der Waals surface area contributed by atoms with E-state index in [1.54, 1.807) is 24.3 Å². The lowest BCUT2D eigenvalue weighted by Crippen LogP contribution is -2.25. The number of nitrogens with zero attached hydrogens (tertiary/aromatic N) is 2. The number of carbonyl (C=O) groups excluding carboxylic acids is 1. The largest absolute Gasteiger partial charge is 0.478 e. The third kappa shape index (κ3) is 6.57. The molecule has 0 aliphatic heterocycles. The Morgan fingerprint density at radius 2 is 1.63 bits per heavy atom. The van der Waals surface area contributed by atoms with E-state index >= 15 is 0 Å². The predicted molar refractivity (Wildman–Crippen MR) is 145 cm³/mol. The average molecular weight is 568 g/mol. The first kappa shape index (κ1) is 28.9. The number of carbonyl (C=O) groups is 2. The number of carboxylic acid groups (broad SMARTS) is 1. The van der Waals surface area contributed by atoms with Crippen LogP contribution in [0.5, 0.6) is 0 Å². The number of aromatic carboxylic acids is 1. The van der Waals surface area contributed by atoms with Crippen molar-refractivity contribution in [2.75, 3.05) is 10.3 Å². The standard InChI is InChI=1S/C30H22F5N3O3/c1-17-6-10-24(15-27(17)32)38(18(2)39)28-14-22(30(33,34)35)9-7-21(28)16-36-37-23-5-3-4-19(12-23)20-8-11-26(31)25(13-20)29(40)41/h3-16,37H,1-2H3,(H,40,41)/b36-16+. The van der Waals surface area contributed by atoms with Crippen LogP contribution in [0.4, 0.5) is 39.0 Å². The fourth-order valence-corrected chi connectivity index (χ4v) is 4.05. The van der Waals surface area contributed by atoms with E-state index < -0.39 is 40.8 Å². The van der Waals surface area contributed by atoms with Gasteiger partial charge < -0.3 is 5.11 Å². The van der Waals surface area contributed by atoms with E-state index in [1.165, 1.54) is 37.4 Å². The van der Waals surface area contributed by atoms with E-state index in [-0.39, 0.29) is 16.9 Å². The molecule has 210 valence electrons. The van der Waals surface area contributed by atoms with E-state index in [2.05, 4.69) is 10.5 Å². The predicted octanol–water partition coefficient (Wildman–Crippen LogP) is 7.79. The van der Waals surface area contributed by atoms with Gasteiger partial charge in [0.25, 0.3) is 0 Å². The van der Waals surface area contributed by atoms with Crippen LogP contribution in [0.2, 0.25) is 0 Å². The smallest absolute Gasteiger partial charge is 0.416 e. The maximum absolute atomic E-state index is 14.3. The molecule has 0 spiro atoms. The molecule has 11 heteroatoms. The monoisotopic (exact) mass is 567 g/mol. The number of alkyl halides is 3. The molecule has 4 aromatic rings. The maximum Gasteiger partial charge on any atom is 0.416 e. The van der Waals surface area contributed by atoms with E-state index in [9.17, 15) is 36.6 Å². The summed E-state index contributed by atoms with van der Waals surface area (Å²) in [5, 5.41) is 13.3. The molecule has 0 unspecified atom stereocenters. The summed E-state index contributed by atoms with van der Waals surface area (Å²) in [5.41, 5.74) is 2.95. The molecule has 0 saturated carbocycles. The Morgan fingerprint density at radius 3 is 2.29 bits per heavy atom. The highest BCUT2D eigenvalue weighted by atomic mass is 19.4. The number of aryl methyl sites for hydroxylation is 1. The summed E-state index contributed by atoms with van der Waals surface area (Å²) in [4.78, 5) is 24.9. The van der Waals surface area contributed by atoms with Crippen LogP contribution in [0, 0.1) is 18.6 Å². The van der Waals surface area contributed by atoms with Crippen molar-refractivity contribution in [2.45, 2.75) is 20.0 Å². The van der Waals surface area contributed by atoms with Crippen molar-refractivity contribution in [1.82, 2.24) is 0 Å². The van der Waals surface area contributed by atoms with Gasteiger partial charge >= 0.3 is 12.1 Å². The molecule has 0 aliphatic rings. The van der Waals surface area contributed by atoms with E-state index in [1.807, 2.05) is 0 Å². The summed E-state index contributed by atoms with van der Waals surface area (Å²) < 4.78 is 68.8. The number of anilines is 3. The highest BCUT2D eigenvalue weighted by Gasteiger charge is 2.32. The van der Waals surface area contributed by atoms with Crippen molar-refractivity contribution in [2.24, 2.45) is 5.10 Å². The topological polar surface area (TPSA) is 82.0 Å². The van der Waals surface area contributed by atoms with Gasteiger partial charge in [0.1, 0.15) is 11.6 Å². The van der Waals surface area contributed by atoms with Crippen LogP contribution in [0.1, 0.15) is 34.0 Å². The average Bonchev–Trinajstić information content (AvgIpc) is 2.91. The van der Waals surface area contributed by atoms with Crippen molar-refractivity contribution in [3.8, 4) is 11.1 Å². The minimum absolute atomic E-state index is 0.0373. The highest BCUT2D eigenvalue weighted by molar-refractivity contribution is 6.04. The van der Waals surface area contributed by atoms with Gasteiger partial charge in [0, 0.05) is 12.5 Å². The molecule has 0 aliphatic carbocycles. The molecule has 0 fully saturated rings. The zero-order valence-electron chi connectivity index (χ0n) is 21.6. The summed E-state index contributed by atoms with van der Waals surface area (Å²) in [6.07, 6.45) is -3.49. The lowest BCUT2D eigenvalue weighted by Gasteiger charge is -2.24. The number of benzene rings is 4. The maximum atomic E-state index is 14.3. The number of hydrogen-bond acceptors (Lipinski definition) is 4. The van der Waals surface area contributed by atoms with Gasteiger partial charge in [-0.1, -0.05) is 30.3 Å². The number of amides is 1. The molecular formula is C30H22F5N3O3. The summed E-state index contributed by atoms with van der Waals surface area (Å²) >= 11 is 0. The molecular weight excluding hydrogens is 545 g/mol. The van der Waals surface area contributed by atoms with Crippen LogP contribution >= 0.6 is 0 Å². The number of halogens is 5. The molecule has 6 nitrogen and oxygen atoms in total.